The normalized spacial score (nSPS) is 28.0. The molecule has 0 aromatic heterocycles. The van der Waals surface area contributed by atoms with Gasteiger partial charge in [0.25, 0.3) is 0 Å². The SMILES string of the molecule is CCC(C)(C)N1OC=C(Cl)C1C1CCCCC1. The number of hydrogen-bond acceptors (Lipinski definition) is 2. The van der Waals surface area contributed by atoms with Gasteiger partial charge < -0.3 is 4.84 Å². The molecule has 1 aliphatic carbocycles. The van der Waals surface area contributed by atoms with E-state index in [1.165, 1.54) is 32.1 Å². The van der Waals surface area contributed by atoms with E-state index < -0.39 is 0 Å². The van der Waals surface area contributed by atoms with Crippen molar-refractivity contribution in [2.24, 2.45) is 5.92 Å². The first-order valence-electron chi connectivity index (χ1n) is 6.88. The Labute approximate surface area is 110 Å². The van der Waals surface area contributed by atoms with E-state index in [-0.39, 0.29) is 11.6 Å². The molecule has 1 aliphatic heterocycles. The highest BCUT2D eigenvalue weighted by molar-refractivity contribution is 6.30. The standard InChI is InChI=1S/C14H24ClNO/c1-4-14(2,3)16-13(12(15)10-17-16)11-8-6-5-7-9-11/h10-11,13H,4-9H2,1-3H3. The van der Waals surface area contributed by atoms with Gasteiger partial charge in [-0.3, -0.25) is 0 Å². The molecule has 98 valence electrons. The zero-order chi connectivity index (χ0) is 12.5. The summed E-state index contributed by atoms with van der Waals surface area (Å²) in [7, 11) is 0. The van der Waals surface area contributed by atoms with E-state index in [4.69, 9.17) is 16.4 Å². The molecule has 1 fully saturated rings. The van der Waals surface area contributed by atoms with Crippen molar-refractivity contribution in [1.82, 2.24) is 5.06 Å². The smallest absolute Gasteiger partial charge is 0.127 e. The Morgan fingerprint density at radius 2 is 2.00 bits per heavy atom. The zero-order valence-corrected chi connectivity index (χ0v) is 12.0. The van der Waals surface area contributed by atoms with Gasteiger partial charge in [0.1, 0.15) is 6.26 Å². The van der Waals surface area contributed by atoms with Crippen molar-refractivity contribution in [3.05, 3.63) is 11.3 Å². The largest absolute Gasteiger partial charge is 0.411 e. The average molecular weight is 258 g/mol. The molecule has 1 heterocycles. The van der Waals surface area contributed by atoms with Gasteiger partial charge in [-0.1, -0.05) is 37.8 Å². The number of rotatable bonds is 3. The van der Waals surface area contributed by atoms with Crippen molar-refractivity contribution in [2.75, 3.05) is 0 Å². The lowest BCUT2D eigenvalue weighted by atomic mass is 9.82. The number of hydroxylamine groups is 2. The molecular weight excluding hydrogens is 234 g/mol. The molecule has 0 amide bonds. The van der Waals surface area contributed by atoms with E-state index in [9.17, 15) is 0 Å². The Hall–Kier alpha value is -0.210. The average Bonchev–Trinajstić information content (AvgIpc) is 2.73. The second-order valence-electron chi connectivity index (χ2n) is 5.94. The first-order chi connectivity index (χ1) is 8.06. The highest BCUT2D eigenvalue weighted by Crippen LogP contribution is 2.40. The molecule has 17 heavy (non-hydrogen) atoms. The molecule has 0 N–H and O–H groups in total. The maximum absolute atomic E-state index is 6.36. The summed E-state index contributed by atoms with van der Waals surface area (Å²) in [6.07, 6.45) is 9.43. The topological polar surface area (TPSA) is 12.5 Å². The van der Waals surface area contributed by atoms with Gasteiger partial charge in [-0.15, -0.1) is 5.06 Å². The number of halogens is 1. The van der Waals surface area contributed by atoms with Crippen LogP contribution >= 0.6 is 11.6 Å². The van der Waals surface area contributed by atoms with Crippen LogP contribution in [0.4, 0.5) is 0 Å². The molecule has 0 aromatic carbocycles. The molecule has 0 radical (unpaired) electrons. The molecular formula is C14H24ClNO. The van der Waals surface area contributed by atoms with Crippen LogP contribution in [0.2, 0.25) is 0 Å². The maximum Gasteiger partial charge on any atom is 0.127 e. The molecule has 2 rings (SSSR count). The molecule has 0 spiro atoms. The fourth-order valence-corrected chi connectivity index (χ4v) is 3.20. The predicted octanol–water partition coefficient (Wildman–Crippen LogP) is 4.45. The quantitative estimate of drug-likeness (QED) is 0.741. The zero-order valence-electron chi connectivity index (χ0n) is 11.2. The summed E-state index contributed by atoms with van der Waals surface area (Å²) >= 11 is 6.36. The van der Waals surface area contributed by atoms with Crippen molar-refractivity contribution >= 4 is 11.6 Å². The van der Waals surface area contributed by atoms with Crippen LogP contribution in [0.5, 0.6) is 0 Å². The lowest BCUT2D eigenvalue weighted by molar-refractivity contribution is -0.184. The Morgan fingerprint density at radius 3 is 2.59 bits per heavy atom. The summed E-state index contributed by atoms with van der Waals surface area (Å²) < 4.78 is 0. The van der Waals surface area contributed by atoms with E-state index in [1.807, 2.05) is 0 Å². The summed E-state index contributed by atoms with van der Waals surface area (Å²) in [5, 5.41) is 3.02. The summed E-state index contributed by atoms with van der Waals surface area (Å²) in [5.41, 5.74) is 0.0508. The summed E-state index contributed by atoms with van der Waals surface area (Å²) in [6.45, 7) is 6.66. The van der Waals surface area contributed by atoms with Gasteiger partial charge in [0.15, 0.2) is 0 Å². The fraction of sp³-hybridized carbons (Fsp3) is 0.857. The molecule has 1 saturated carbocycles. The molecule has 0 bridgehead atoms. The first-order valence-corrected chi connectivity index (χ1v) is 7.25. The van der Waals surface area contributed by atoms with Gasteiger partial charge in [0.2, 0.25) is 0 Å². The van der Waals surface area contributed by atoms with Gasteiger partial charge in [0, 0.05) is 0 Å². The summed E-state index contributed by atoms with van der Waals surface area (Å²) in [4.78, 5) is 5.73. The van der Waals surface area contributed by atoms with Crippen molar-refractivity contribution in [3.8, 4) is 0 Å². The Balaban J connectivity index is 2.13. The summed E-state index contributed by atoms with van der Waals surface area (Å²) in [5.74, 6) is 0.667. The van der Waals surface area contributed by atoms with Gasteiger partial charge in [-0.25, -0.2) is 0 Å². The Morgan fingerprint density at radius 1 is 1.35 bits per heavy atom. The number of nitrogens with zero attached hydrogens (tertiary/aromatic N) is 1. The third kappa shape index (κ3) is 2.63. The first kappa shape index (κ1) is 13.2. The predicted molar refractivity (Wildman–Crippen MR) is 71.6 cm³/mol. The van der Waals surface area contributed by atoms with Gasteiger partial charge >= 0.3 is 0 Å². The third-order valence-electron chi connectivity index (χ3n) is 4.37. The minimum atomic E-state index is 0.0508. The molecule has 0 saturated heterocycles. The third-order valence-corrected chi connectivity index (χ3v) is 4.68. The second-order valence-corrected chi connectivity index (χ2v) is 6.38. The van der Waals surface area contributed by atoms with E-state index >= 15 is 0 Å². The van der Waals surface area contributed by atoms with Crippen molar-refractivity contribution in [3.63, 3.8) is 0 Å². The van der Waals surface area contributed by atoms with Gasteiger partial charge in [0.05, 0.1) is 16.6 Å². The van der Waals surface area contributed by atoms with Crippen LogP contribution in [0.3, 0.4) is 0 Å². The highest BCUT2D eigenvalue weighted by atomic mass is 35.5. The van der Waals surface area contributed by atoms with Gasteiger partial charge in [-0.2, -0.15) is 0 Å². The van der Waals surface area contributed by atoms with Crippen molar-refractivity contribution in [1.29, 1.82) is 0 Å². The molecule has 2 aliphatic rings. The molecule has 0 aromatic rings. The minimum absolute atomic E-state index is 0.0508. The summed E-state index contributed by atoms with van der Waals surface area (Å²) in [6, 6.07) is 0.284. The van der Waals surface area contributed by atoms with Crippen LogP contribution in [-0.4, -0.2) is 16.6 Å². The maximum atomic E-state index is 6.36. The lowest BCUT2D eigenvalue weighted by Crippen LogP contribution is -2.49. The van der Waals surface area contributed by atoms with Crippen LogP contribution in [0.25, 0.3) is 0 Å². The lowest BCUT2D eigenvalue weighted by Gasteiger charge is -2.41. The van der Waals surface area contributed by atoms with Crippen LogP contribution in [0.15, 0.2) is 11.3 Å². The molecule has 1 atom stereocenters. The van der Waals surface area contributed by atoms with Crippen LogP contribution in [-0.2, 0) is 4.84 Å². The van der Waals surface area contributed by atoms with Crippen molar-refractivity contribution < 1.29 is 4.84 Å². The Bertz CT molecular complexity index is 295. The fourth-order valence-electron chi connectivity index (χ4n) is 2.90. The second kappa shape index (κ2) is 5.19. The molecule has 1 unspecified atom stereocenters. The number of hydrogen-bond donors (Lipinski definition) is 0. The van der Waals surface area contributed by atoms with Gasteiger partial charge in [-0.05, 0) is 39.0 Å². The highest BCUT2D eigenvalue weighted by Gasteiger charge is 2.42. The van der Waals surface area contributed by atoms with E-state index in [0.717, 1.165) is 11.5 Å². The van der Waals surface area contributed by atoms with Crippen LogP contribution < -0.4 is 0 Å². The van der Waals surface area contributed by atoms with E-state index in [0.29, 0.717) is 5.92 Å². The van der Waals surface area contributed by atoms with E-state index in [2.05, 4.69) is 25.8 Å². The van der Waals surface area contributed by atoms with Crippen molar-refractivity contribution in [2.45, 2.75) is 70.9 Å². The van der Waals surface area contributed by atoms with Crippen LogP contribution in [0, 0.1) is 5.92 Å². The molecule has 3 heteroatoms. The Kier molecular flexibility index (Phi) is 4.04. The minimum Gasteiger partial charge on any atom is -0.411 e. The monoisotopic (exact) mass is 257 g/mol. The molecule has 2 nitrogen and oxygen atoms in total. The van der Waals surface area contributed by atoms with Crippen LogP contribution in [0.1, 0.15) is 59.3 Å². The van der Waals surface area contributed by atoms with E-state index in [1.54, 1.807) is 6.26 Å².